The van der Waals surface area contributed by atoms with Crippen LogP contribution in [0.2, 0.25) is 0 Å². The zero-order chi connectivity index (χ0) is 13.4. The molecular formula is C15H13N3O. The number of hydrogen-bond acceptors (Lipinski definition) is 1. The molecule has 0 radical (unpaired) electrons. The summed E-state index contributed by atoms with van der Waals surface area (Å²) in [6, 6.07) is 9.43. The number of allylic oxidation sites excluding steroid dienone is 4. The number of rotatable bonds is 1. The molecule has 0 spiro atoms. The first-order valence-electron chi connectivity index (χ1n) is 6.21. The minimum Gasteiger partial charge on any atom is -0.361 e. The number of carbonyl (C=O) groups excluding carboxylic acids is 1. The highest BCUT2D eigenvalue weighted by atomic mass is 16.2. The molecule has 1 unspecified atom stereocenters. The van der Waals surface area contributed by atoms with E-state index in [1.165, 1.54) is 5.57 Å². The topological polar surface area (TPSA) is 56.7 Å². The predicted molar refractivity (Wildman–Crippen MR) is 72.5 cm³/mol. The number of para-hydroxylation sites is 1. The van der Waals surface area contributed by atoms with Gasteiger partial charge < -0.3 is 5.53 Å². The van der Waals surface area contributed by atoms with Crippen molar-refractivity contribution in [1.82, 2.24) is 0 Å². The number of nitrogens with zero attached hydrogens (tertiary/aromatic N) is 3. The quantitative estimate of drug-likeness (QED) is 0.559. The van der Waals surface area contributed by atoms with Gasteiger partial charge in [-0.1, -0.05) is 29.8 Å². The van der Waals surface area contributed by atoms with E-state index >= 15 is 0 Å². The molecule has 1 atom stereocenters. The van der Waals surface area contributed by atoms with Crippen molar-refractivity contribution in [3.63, 3.8) is 0 Å². The summed E-state index contributed by atoms with van der Waals surface area (Å²) in [6.07, 6.45) is 4.67. The number of fused-ring (bicyclic) bond motifs is 1. The summed E-state index contributed by atoms with van der Waals surface area (Å²) in [4.78, 5) is 17.2. The molecule has 1 aromatic carbocycles. The number of benzene rings is 1. The molecule has 2 aliphatic rings. The van der Waals surface area contributed by atoms with Crippen molar-refractivity contribution >= 4 is 17.3 Å². The molecule has 94 valence electrons. The largest absolute Gasteiger partial charge is 0.365 e. The summed E-state index contributed by atoms with van der Waals surface area (Å²) >= 11 is 0. The molecule has 1 aliphatic carbocycles. The minimum atomic E-state index is -0.243. The average Bonchev–Trinajstić information content (AvgIpc) is 2.70. The van der Waals surface area contributed by atoms with Crippen LogP contribution in [0.1, 0.15) is 13.3 Å². The van der Waals surface area contributed by atoms with E-state index in [9.17, 15) is 4.79 Å². The van der Waals surface area contributed by atoms with Crippen LogP contribution in [-0.2, 0) is 4.79 Å². The highest BCUT2D eigenvalue weighted by Gasteiger charge is 2.49. The van der Waals surface area contributed by atoms with Crippen molar-refractivity contribution in [2.75, 3.05) is 4.90 Å². The third kappa shape index (κ3) is 1.74. The van der Waals surface area contributed by atoms with Crippen molar-refractivity contribution in [3.05, 3.63) is 59.3 Å². The third-order valence-corrected chi connectivity index (χ3v) is 3.55. The van der Waals surface area contributed by atoms with E-state index in [-0.39, 0.29) is 17.5 Å². The van der Waals surface area contributed by atoms with Gasteiger partial charge in [-0.3, -0.25) is 9.69 Å². The van der Waals surface area contributed by atoms with Crippen LogP contribution >= 0.6 is 0 Å². The van der Waals surface area contributed by atoms with Gasteiger partial charge in [0.2, 0.25) is 0 Å². The van der Waals surface area contributed by atoms with Gasteiger partial charge in [0, 0.05) is 11.4 Å². The van der Waals surface area contributed by atoms with Gasteiger partial charge in [-0.15, -0.1) is 0 Å². The SMILES string of the molecule is CC1=CC=C2C(C1)C(=[N+]=[N-])C(=O)N2c1ccccc1. The molecule has 0 N–H and O–H groups in total. The maximum atomic E-state index is 12.4. The van der Waals surface area contributed by atoms with Gasteiger partial charge >= 0.3 is 11.6 Å². The fourth-order valence-corrected chi connectivity index (χ4v) is 2.64. The number of amides is 1. The fraction of sp³-hybridized carbons (Fsp3) is 0.200. The number of hydrogen-bond donors (Lipinski definition) is 0. The van der Waals surface area contributed by atoms with Gasteiger partial charge in [-0.25, -0.2) is 0 Å². The summed E-state index contributed by atoms with van der Waals surface area (Å²) in [5.41, 5.74) is 12.2. The second-order valence-electron chi connectivity index (χ2n) is 4.82. The first-order chi connectivity index (χ1) is 9.22. The van der Waals surface area contributed by atoms with E-state index in [2.05, 4.69) is 4.79 Å². The summed E-state index contributed by atoms with van der Waals surface area (Å²) in [5, 5.41) is 0. The maximum Gasteiger partial charge on any atom is 0.365 e. The summed E-state index contributed by atoms with van der Waals surface area (Å²) < 4.78 is 0. The van der Waals surface area contributed by atoms with Crippen LogP contribution in [-0.4, -0.2) is 16.4 Å². The standard InChI is InChI=1S/C15H13N3O/c1-10-7-8-13-12(9-10)14(17-16)15(19)18(13)11-5-3-2-4-6-11/h2-8,12H,9H2,1H3. The zero-order valence-electron chi connectivity index (χ0n) is 10.6. The Kier molecular flexibility index (Phi) is 2.65. The summed E-state index contributed by atoms with van der Waals surface area (Å²) in [6.45, 7) is 2.01. The lowest BCUT2D eigenvalue weighted by atomic mass is 9.91. The molecule has 4 heteroatoms. The van der Waals surface area contributed by atoms with Gasteiger partial charge in [0.05, 0.1) is 0 Å². The van der Waals surface area contributed by atoms with Gasteiger partial charge in [0.25, 0.3) is 0 Å². The zero-order valence-corrected chi connectivity index (χ0v) is 10.6. The Morgan fingerprint density at radius 3 is 2.68 bits per heavy atom. The van der Waals surface area contributed by atoms with E-state index in [1.807, 2.05) is 49.4 Å². The van der Waals surface area contributed by atoms with E-state index in [0.29, 0.717) is 0 Å². The van der Waals surface area contributed by atoms with E-state index in [0.717, 1.165) is 17.8 Å². The summed E-state index contributed by atoms with van der Waals surface area (Å²) in [5.74, 6) is -0.379. The van der Waals surface area contributed by atoms with E-state index in [4.69, 9.17) is 5.53 Å². The Balaban J connectivity index is 2.14. The molecular weight excluding hydrogens is 238 g/mol. The Bertz CT molecular complexity index is 651. The Labute approximate surface area is 111 Å². The molecule has 1 aliphatic heterocycles. The lowest BCUT2D eigenvalue weighted by Gasteiger charge is -2.20. The molecule has 3 rings (SSSR count). The van der Waals surface area contributed by atoms with Crippen molar-refractivity contribution in [3.8, 4) is 0 Å². The van der Waals surface area contributed by atoms with Crippen LogP contribution in [0.25, 0.3) is 5.53 Å². The molecule has 1 saturated heterocycles. The molecule has 0 aromatic heterocycles. The van der Waals surface area contributed by atoms with E-state index < -0.39 is 0 Å². The fourth-order valence-electron chi connectivity index (χ4n) is 2.64. The molecule has 1 amide bonds. The van der Waals surface area contributed by atoms with Crippen molar-refractivity contribution in [1.29, 1.82) is 0 Å². The summed E-state index contributed by atoms with van der Waals surface area (Å²) in [7, 11) is 0. The van der Waals surface area contributed by atoms with E-state index in [1.54, 1.807) is 4.90 Å². The molecule has 19 heavy (non-hydrogen) atoms. The molecule has 1 heterocycles. The Morgan fingerprint density at radius 1 is 1.26 bits per heavy atom. The van der Waals surface area contributed by atoms with Crippen molar-refractivity contribution in [2.45, 2.75) is 13.3 Å². The smallest absolute Gasteiger partial charge is 0.361 e. The monoisotopic (exact) mass is 251 g/mol. The van der Waals surface area contributed by atoms with Gasteiger partial charge in [-0.05, 0) is 31.6 Å². The van der Waals surface area contributed by atoms with Crippen LogP contribution in [0.15, 0.2) is 53.8 Å². The Hall–Kier alpha value is -2.45. The molecule has 4 nitrogen and oxygen atoms in total. The van der Waals surface area contributed by atoms with Crippen molar-refractivity contribution < 1.29 is 9.58 Å². The first kappa shape index (κ1) is 11.6. The average molecular weight is 251 g/mol. The molecule has 1 fully saturated rings. The van der Waals surface area contributed by atoms with Gasteiger partial charge in [0.15, 0.2) is 0 Å². The maximum absolute atomic E-state index is 12.4. The van der Waals surface area contributed by atoms with Gasteiger partial charge in [0.1, 0.15) is 5.92 Å². The first-order valence-corrected chi connectivity index (χ1v) is 6.21. The van der Waals surface area contributed by atoms with Crippen LogP contribution in [0.3, 0.4) is 0 Å². The highest BCUT2D eigenvalue weighted by molar-refractivity contribution is 6.46. The number of anilines is 1. The van der Waals surface area contributed by atoms with Crippen molar-refractivity contribution in [2.24, 2.45) is 5.92 Å². The highest BCUT2D eigenvalue weighted by Crippen LogP contribution is 2.37. The molecule has 1 aromatic rings. The lowest BCUT2D eigenvalue weighted by molar-refractivity contribution is -0.115. The van der Waals surface area contributed by atoms with Crippen LogP contribution in [0.5, 0.6) is 0 Å². The normalized spacial score (nSPS) is 21.7. The third-order valence-electron chi connectivity index (χ3n) is 3.55. The molecule has 0 saturated carbocycles. The lowest BCUT2D eigenvalue weighted by Crippen LogP contribution is -2.26. The van der Waals surface area contributed by atoms with Crippen LogP contribution in [0, 0.1) is 5.92 Å². The second kappa shape index (κ2) is 4.34. The minimum absolute atomic E-state index is 0.136. The Morgan fingerprint density at radius 2 is 2.00 bits per heavy atom. The number of carbonyl (C=O) groups is 1. The van der Waals surface area contributed by atoms with Gasteiger partial charge in [-0.2, -0.15) is 4.79 Å². The second-order valence-corrected chi connectivity index (χ2v) is 4.82. The predicted octanol–water partition coefficient (Wildman–Crippen LogP) is 2.55. The molecule has 0 bridgehead atoms. The van der Waals surface area contributed by atoms with Crippen LogP contribution < -0.4 is 4.90 Å². The van der Waals surface area contributed by atoms with Crippen LogP contribution in [0.4, 0.5) is 5.69 Å².